The molecular weight excluding hydrogens is 343 g/mol. The van der Waals surface area contributed by atoms with Gasteiger partial charge in [-0.05, 0) is 24.1 Å². The highest BCUT2D eigenvalue weighted by Crippen LogP contribution is 2.26. The van der Waals surface area contributed by atoms with E-state index >= 15 is 0 Å². The second-order valence-corrected chi connectivity index (χ2v) is 5.43. The van der Waals surface area contributed by atoms with E-state index in [4.69, 9.17) is 11.6 Å². The molecule has 0 aliphatic heterocycles. The van der Waals surface area contributed by atoms with E-state index in [2.05, 4.69) is 10.1 Å². The van der Waals surface area contributed by atoms with E-state index in [1.165, 1.54) is 18.2 Å². The number of hydrogen-bond donors (Lipinski definition) is 1. The molecule has 1 amide bonds. The summed E-state index contributed by atoms with van der Waals surface area (Å²) in [5.41, 5.74) is 1.09. The van der Waals surface area contributed by atoms with Gasteiger partial charge in [-0.25, -0.2) is 0 Å². The smallest absolute Gasteiger partial charge is 0.405 e. The largest absolute Gasteiger partial charge is 0.573 e. The fraction of sp³-hybridized carbons (Fsp3) is 0.235. The van der Waals surface area contributed by atoms with Crippen molar-refractivity contribution in [2.24, 2.45) is 0 Å². The van der Waals surface area contributed by atoms with Gasteiger partial charge in [0.1, 0.15) is 5.75 Å². The number of carbonyl (C=O) groups excluding carboxylic acids is 1. The molecule has 2 aromatic carbocycles. The first-order valence-electron chi connectivity index (χ1n) is 7.19. The van der Waals surface area contributed by atoms with Crippen molar-refractivity contribution in [3.63, 3.8) is 0 Å². The molecule has 3 nitrogen and oxygen atoms in total. The van der Waals surface area contributed by atoms with Gasteiger partial charge in [0.25, 0.3) is 0 Å². The van der Waals surface area contributed by atoms with Gasteiger partial charge >= 0.3 is 6.36 Å². The van der Waals surface area contributed by atoms with Crippen molar-refractivity contribution < 1.29 is 22.7 Å². The SMILES string of the molecule is O=C(CCc1ccccc1Cl)NCc1ccccc1OC(F)(F)F. The lowest BCUT2D eigenvalue weighted by Gasteiger charge is -2.13. The number of amides is 1. The lowest BCUT2D eigenvalue weighted by Crippen LogP contribution is -2.24. The van der Waals surface area contributed by atoms with Crippen molar-refractivity contribution in [2.75, 3.05) is 0 Å². The third kappa shape index (κ3) is 5.77. The van der Waals surface area contributed by atoms with E-state index in [9.17, 15) is 18.0 Å². The molecule has 0 saturated heterocycles. The molecule has 0 heterocycles. The molecule has 0 aliphatic rings. The summed E-state index contributed by atoms with van der Waals surface area (Å²) >= 11 is 6.01. The molecule has 0 radical (unpaired) electrons. The Kier molecular flexibility index (Phi) is 6.09. The minimum absolute atomic E-state index is 0.0480. The first-order valence-corrected chi connectivity index (χ1v) is 7.57. The molecule has 2 rings (SSSR count). The quantitative estimate of drug-likeness (QED) is 0.827. The van der Waals surface area contributed by atoms with Crippen LogP contribution in [0.4, 0.5) is 13.2 Å². The lowest BCUT2D eigenvalue weighted by atomic mass is 10.1. The van der Waals surface area contributed by atoms with Crippen LogP contribution in [-0.2, 0) is 17.8 Å². The molecule has 0 spiro atoms. The van der Waals surface area contributed by atoms with Gasteiger partial charge in [0, 0.05) is 23.6 Å². The molecule has 0 atom stereocenters. The van der Waals surface area contributed by atoms with Crippen LogP contribution in [0, 0.1) is 0 Å². The summed E-state index contributed by atoms with van der Waals surface area (Å²) in [5, 5.41) is 3.16. The number of benzene rings is 2. The van der Waals surface area contributed by atoms with Crippen LogP contribution < -0.4 is 10.1 Å². The van der Waals surface area contributed by atoms with Crippen LogP contribution in [0.2, 0.25) is 5.02 Å². The number of carbonyl (C=O) groups is 1. The van der Waals surface area contributed by atoms with Gasteiger partial charge in [0.2, 0.25) is 5.91 Å². The zero-order valence-corrected chi connectivity index (χ0v) is 13.3. The van der Waals surface area contributed by atoms with E-state index in [0.717, 1.165) is 5.56 Å². The summed E-state index contributed by atoms with van der Waals surface area (Å²) in [5.74, 6) is -0.604. The normalized spacial score (nSPS) is 11.2. The number of ether oxygens (including phenoxy) is 1. The summed E-state index contributed by atoms with van der Waals surface area (Å²) in [7, 11) is 0. The highest BCUT2D eigenvalue weighted by atomic mass is 35.5. The molecule has 0 fully saturated rings. The van der Waals surface area contributed by atoms with Crippen LogP contribution >= 0.6 is 11.6 Å². The predicted molar refractivity (Wildman–Crippen MR) is 84.7 cm³/mol. The molecule has 0 aliphatic carbocycles. The molecule has 24 heavy (non-hydrogen) atoms. The van der Waals surface area contributed by atoms with Crippen LogP contribution in [0.1, 0.15) is 17.5 Å². The molecule has 0 unspecified atom stereocenters. The number of hydrogen-bond acceptors (Lipinski definition) is 2. The topological polar surface area (TPSA) is 38.3 Å². The minimum Gasteiger partial charge on any atom is -0.405 e. The lowest BCUT2D eigenvalue weighted by molar-refractivity contribution is -0.274. The first-order chi connectivity index (χ1) is 11.3. The monoisotopic (exact) mass is 357 g/mol. The van der Waals surface area contributed by atoms with Crippen LogP contribution in [0.15, 0.2) is 48.5 Å². The van der Waals surface area contributed by atoms with Gasteiger partial charge in [0.05, 0.1) is 0 Å². The van der Waals surface area contributed by atoms with Crippen molar-refractivity contribution in [1.82, 2.24) is 5.32 Å². The first kappa shape index (κ1) is 18.1. The molecule has 1 N–H and O–H groups in total. The van der Waals surface area contributed by atoms with Gasteiger partial charge < -0.3 is 10.1 Å². The Morgan fingerprint density at radius 1 is 1.04 bits per heavy atom. The second kappa shape index (κ2) is 8.06. The third-order valence-electron chi connectivity index (χ3n) is 3.25. The van der Waals surface area contributed by atoms with Crippen molar-refractivity contribution >= 4 is 17.5 Å². The number of para-hydroxylation sites is 1. The summed E-state index contributed by atoms with van der Waals surface area (Å²) in [6, 6.07) is 12.9. The number of alkyl halides is 3. The number of rotatable bonds is 6. The summed E-state index contributed by atoms with van der Waals surface area (Å²) < 4.78 is 41.0. The third-order valence-corrected chi connectivity index (χ3v) is 3.62. The van der Waals surface area contributed by atoms with Gasteiger partial charge in [0.15, 0.2) is 0 Å². The van der Waals surface area contributed by atoms with Crippen molar-refractivity contribution in [3.8, 4) is 5.75 Å². The molecule has 128 valence electrons. The summed E-state index contributed by atoms with van der Waals surface area (Å²) in [6.07, 6.45) is -4.14. The number of nitrogens with one attached hydrogen (secondary N) is 1. The van der Waals surface area contributed by atoms with Crippen molar-refractivity contribution in [3.05, 3.63) is 64.7 Å². The van der Waals surface area contributed by atoms with Crippen molar-refractivity contribution in [1.29, 1.82) is 0 Å². The Hall–Kier alpha value is -2.21. The fourth-order valence-corrected chi connectivity index (χ4v) is 2.34. The Morgan fingerprint density at radius 2 is 1.67 bits per heavy atom. The highest BCUT2D eigenvalue weighted by Gasteiger charge is 2.31. The maximum Gasteiger partial charge on any atom is 0.573 e. The highest BCUT2D eigenvalue weighted by molar-refractivity contribution is 6.31. The van der Waals surface area contributed by atoms with E-state index in [-0.39, 0.29) is 30.2 Å². The summed E-state index contributed by atoms with van der Waals surface area (Å²) in [6.45, 7) is -0.0480. The van der Waals surface area contributed by atoms with Crippen LogP contribution in [0.5, 0.6) is 5.75 Å². The van der Waals surface area contributed by atoms with Crippen LogP contribution in [-0.4, -0.2) is 12.3 Å². The number of aryl methyl sites for hydroxylation is 1. The maximum absolute atomic E-state index is 12.3. The van der Waals surface area contributed by atoms with E-state index < -0.39 is 6.36 Å². The van der Waals surface area contributed by atoms with Gasteiger partial charge in [-0.15, -0.1) is 13.2 Å². The summed E-state index contributed by atoms with van der Waals surface area (Å²) in [4.78, 5) is 11.9. The minimum atomic E-state index is -4.77. The van der Waals surface area contributed by atoms with Gasteiger partial charge in [-0.2, -0.15) is 0 Å². The zero-order valence-electron chi connectivity index (χ0n) is 12.6. The Labute approximate surface area is 142 Å². The molecule has 7 heteroatoms. The standard InChI is InChI=1S/C17H15ClF3NO2/c18-14-7-3-1-5-12(14)9-10-16(23)22-11-13-6-2-4-8-15(13)24-17(19,20)21/h1-8H,9-11H2,(H,22,23). The zero-order chi connectivity index (χ0) is 17.6. The second-order valence-electron chi connectivity index (χ2n) is 5.02. The van der Waals surface area contributed by atoms with Gasteiger partial charge in [-0.1, -0.05) is 48.0 Å². The molecule has 2 aromatic rings. The Balaban J connectivity index is 1.89. The molecule has 0 bridgehead atoms. The van der Waals surface area contributed by atoms with E-state index in [1.54, 1.807) is 18.2 Å². The van der Waals surface area contributed by atoms with E-state index in [1.807, 2.05) is 12.1 Å². The van der Waals surface area contributed by atoms with E-state index in [0.29, 0.717) is 11.4 Å². The fourth-order valence-electron chi connectivity index (χ4n) is 2.11. The van der Waals surface area contributed by atoms with Crippen LogP contribution in [0.3, 0.4) is 0 Å². The van der Waals surface area contributed by atoms with Crippen LogP contribution in [0.25, 0.3) is 0 Å². The number of halogens is 4. The molecule has 0 saturated carbocycles. The predicted octanol–water partition coefficient (Wildman–Crippen LogP) is 4.49. The maximum atomic E-state index is 12.3. The Morgan fingerprint density at radius 3 is 2.33 bits per heavy atom. The average molecular weight is 358 g/mol. The average Bonchev–Trinajstić information content (AvgIpc) is 2.52. The van der Waals surface area contributed by atoms with Gasteiger partial charge in [-0.3, -0.25) is 4.79 Å². The molecular formula is C17H15ClF3NO2. The Bertz CT molecular complexity index is 704. The molecule has 0 aromatic heterocycles. The van der Waals surface area contributed by atoms with Crippen molar-refractivity contribution in [2.45, 2.75) is 25.7 Å².